The van der Waals surface area contributed by atoms with Crippen molar-refractivity contribution in [3.63, 3.8) is 0 Å². The zero-order valence-electron chi connectivity index (χ0n) is 24.0. The Morgan fingerprint density at radius 1 is 0.860 bits per heavy atom. The van der Waals surface area contributed by atoms with Gasteiger partial charge >= 0.3 is 5.97 Å². The molecule has 2 spiro atoms. The number of hydrogen-bond donors (Lipinski definition) is 0. The van der Waals surface area contributed by atoms with Crippen LogP contribution in [0.25, 0.3) is 22.3 Å². The van der Waals surface area contributed by atoms with E-state index < -0.39 is 16.9 Å². The third kappa shape index (κ3) is 3.17. The van der Waals surface area contributed by atoms with E-state index in [1.54, 1.807) is 0 Å². The van der Waals surface area contributed by atoms with Crippen LogP contribution in [0.2, 0.25) is 0 Å². The summed E-state index contributed by atoms with van der Waals surface area (Å²) in [6, 6.07) is 33.9. The Labute approximate surface area is 249 Å². The number of fused-ring (bicyclic) bond motifs is 9. The Hall–Kier alpha value is -4.88. The molecule has 7 heteroatoms. The summed E-state index contributed by atoms with van der Waals surface area (Å²) in [5, 5.41) is 0. The molecule has 0 bridgehead atoms. The number of rotatable bonds is 4. The van der Waals surface area contributed by atoms with E-state index in [4.69, 9.17) is 14.7 Å². The highest BCUT2D eigenvalue weighted by Gasteiger charge is 2.77. The lowest BCUT2D eigenvalue weighted by atomic mass is 9.59. The summed E-state index contributed by atoms with van der Waals surface area (Å²) in [6.07, 6.45) is 0. The van der Waals surface area contributed by atoms with Crippen molar-refractivity contribution >= 4 is 28.6 Å². The Morgan fingerprint density at radius 3 is 2.28 bits per heavy atom. The molecule has 1 amide bonds. The van der Waals surface area contributed by atoms with Crippen LogP contribution in [0.15, 0.2) is 103 Å². The normalized spacial score (nSPS) is 23.6. The molecule has 0 unspecified atom stereocenters. The van der Waals surface area contributed by atoms with Gasteiger partial charge in [-0.2, -0.15) is 0 Å². The van der Waals surface area contributed by atoms with Gasteiger partial charge in [-0.15, -0.1) is 0 Å². The quantitative estimate of drug-likeness (QED) is 0.269. The smallest absolute Gasteiger partial charge is 0.311 e. The van der Waals surface area contributed by atoms with Crippen LogP contribution >= 0.6 is 0 Å². The predicted molar refractivity (Wildman–Crippen MR) is 164 cm³/mol. The molecule has 0 radical (unpaired) electrons. The van der Waals surface area contributed by atoms with E-state index in [0.717, 1.165) is 44.7 Å². The molecule has 1 aliphatic carbocycles. The maximum absolute atomic E-state index is 15.5. The number of likely N-dealkylation sites (tertiary alicyclic amines) is 1. The molecular formula is C36H30N4O3. The number of esters is 1. The van der Waals surface area contributed by atoms with Crippen molar-refractivity contribution in [2.24, 2.45) is 5.92 Å². The van der Waals surface area contributed by atoms with Gasteiger partial charge in [0, 0.05) is 17.8 Å². The van der Waals surface area contributed by atoms with Crippen molar-refractivity contribution in [1.82, 2.24) is 14.9 Å². The van der Waals surface area contributed by atoms with E-state index in [0.29, 0.717) is 18.8 Å². The summed E-state index contributed by atoms with van der Waals surface area (Å²) >= 11 is 0. The number of nitrogens with zero attached hydrogens (tertiary/aromatic N) is 4. The zero-order chi connectivity index (χ0) is 29.3. The monoisotopic (exact) mass is 566 g/mol. The van der Waals surface area contributed by atoms with E-state index >= 15 is 4.79 Å². The average molecular weight is 567 g/mol. The first-order valence-electron chi connectivity index (χ1n) is 14.7. The molecule has 1 saturated heterocycles. The van der Waals surface area contributed by atoms with Crippen LogP contribution in [0.4, 0.5) is 5.69 Å². The van der Waals surface area contributed by atoms with E-state index in [2.05, 4.69) is 17.0 Å². The highest BCUT2D eigenvalue weighted by Crippen LogP contribution is 2.68. The molecule has 7 nitrogen and oxygen atoms in total. The average Bonchev–Trinajstić information content (AvgIpc) is 3.58. The topological polar surface area (TPSA) is 75.6 Å². The molecule has 1 aromatic heterocycles. The molecule has 212 valence electrons. The Balaban J connectivity index is 1.49. The predicted octanol–water partition coefficient (Wildman–Crippen LogP) is 5.46. The highest BCUT2D eigenvalue weighted by molar-refractivity contribution is 6.13. The minimum atomic E-state index is -1.35. The van der Waals surface area contributed by atoms with Gasteiger partial charge in [0.05, 0.1) is 41.5 Å². The number of para-hydroxylation sites is 3. The number of benzene rings is 4. The van der Waals surface area contributed by atoms with E-state index in [1.165, 1.54) is 0 Å². The minimum Gasteiger partial charge on any atom is -0.466 e. The van der Waals surface area contributed by atoms with Gasteiger partial charge in [-0.05, 0) is 48.9 Å². The fraction of sp³-hybridized carbons (Fsp3) is 0.222. The van der Waals surface area contributed by atoms with Gasteiger partial charge in [-0.25, -0.2) is 9.97 Å². The lowest BCUT2D eigenvalue weighted by Crippen LogP contribution is -2.60. The summed E-state index contributed by atoms with van der Waals surface area (Å²) in [5.74, 6) is -1.28. The number of hydrogen-bond acceptors (Lipinski definition) is 6. The van der Waals surface area contributed by atoms with Gasteiger partial charge < -0.3 is 9.64 Å². The molecule has 3 atom stereocenters. The number of amides is 1. The van der Waals surface area contributed by atoms with E-state index in [9.17, 15) is 4.79 Å². The third-order valence-electron chi connectivity index (χ3n) is 9.56. The van der Waals surface area contributed by atoms with Gasteiger partial charge in [-0.3, -0.25) is 14.5 Å². The summed E-state index contributed by atoms with van der Waals surface area (Å²) < 4.78 is 5.75. The standard InChI is InChI=1S/C36H30N4O3/c1-3-43-33(41)27-22-39(2)36(25-16-8-7-15-24(25)31-32(36)38-29-19-11-10-18-28(29)37-31)35(27)26-17-9-12-20-30(26)40(34(35)42)21-23-13-5-4-6-14-23/h4-20,27H,3,21-22H2,1-2H3/t27-,35+,36-/m1/s1. The van der Waals surface area contributed by atoms with Crippen molar-refractivity contribution in [3.05, 3.63) is 126 Å². The molecule has 5 aromatic rings. The van der Waals surface area contributed by atoms with Gasteiger partial charge in [0.15, 0.2) is 0 Å². The molecule has 2 aliphatic heterocycles. The number of likely N-dealkylation sites (N-methyl/N-ethyl adjacent to an activating group) is 1. The summed E-state index contributed by atoms with van der Waals surface area (Å²) in [5.41, 5.74) is 5.01. The van der Waals surface area contributed by atoms with E-state index in [-0.39, 0.29) is 18.5 Å². The van der Waals surface area contributed by atoms with Gasteiger partial charge in [0.2, 0.25) is 5.91 Å². The molecule has 0 N–H and O–H groups in total. The molecule has 3 aliphatic rings. The maximum Gasteiger partial charge on any atom is 0.311 e. The van der Waals surface area contributed by atoms with Gasteiger partial charge in [-0.1, -0.05) is 84.9 Å². The van der Waals surface area contributed by atoms with Crippen molar-refractivity contribution in [2.45, 2.75) is 24.4 Å². The lowest BCUT2D eigenvalue weighted by molar-refractivity contribution is -0.152. The second-order valence-corrected chi connectivity index (χ2v) is 11.6. The molecular weight excluding hydrogens is 536 g/mol. The molecule has 8 rings (SSSR count). The number of ether oxygens (including phenoxy) is 1. The highest BCUT2D eigenvalue weighted by atomic mass is 16.5. The van der Waals surface area contributed by atoms with Crippen LogP contribution in [0.3, 0.4) is 0 Å². The van der Waals surface area contributed by atoms with E-state index in [1.807, 2.05) is 110 Å². The Kier molecular flexibility index (Phi) is 5.59. The number of anilines is 1. The second-order valence-electron chi connectivity index (χ2n) is 11.6. The zero-order valence-corrected chi connectivity index (χ0v) is 24.0. The Morgan fingerprint density at radius 2 is 1.51 bits per heavy atom. The first-order chi connectivity index (χ1) is 21.0. The molecule has 3 heterocycles. The van der Waals surface area contributed by atoms with Crippen LogP contribution in [0.5, 0.6) is 0 Å². The minimum absolute atomic E-state index is 0.127. The molecule has 0 saturated carbocycles. The number of carbonyl (C=O) groups is 2. The van der Waals surface area contributed by atoms with Crippen LogP contribution in [0, 0.1) is 5.92 Å². The first kappa shape index (κ1) is 25.8. The molecule has 43 heavy (non-hydrogen) atoms. The van der Waals surface area contributed by atoms with Crippen molar-refractivity contribution in [2.75, 3.05) is 25.1 Å². The third-order valence-corrected chi connectivity index (χ3v) is 9.56. The largest absolute Gasteiger partial charge is 0.466 e. The van der Waals surface area contributed by atoms with Crippen molar-refractivity contribution in [3.8, 4) is 11.3 Å². The van der Waals surface area contributed by atoms with Crippen LogP contribution < -0.4 is 4.90 Å². The fourth-order valence-corrected chi connectivity index (χ4v) is 8.04. The summed E-state index contributed by atoms with van der Waals surface area (Å²) in [4.78, 5) is 44.1. The number of aromatic nitrogens is 2. The maximum atomic E-state index is 15.5. The van der Waals surface area contributed by atoms with Crippen LogP contribution in [-0.2, 0) is 31.8 Å². The van der Waals surface area contributed by atoms with Crippen LogP contribution in [-0.4, -0.2) is 46.9 Å². The summed E-state index contributed by atoms with van der Waals surface area (Å²) in [6.45, 7) is 2.73. The fourth-order valence-electron chi connectivity index (χ4n) is 8.04. The molecule has 1 fully saturated rings. The Bertz CT molecular complexity index is 1940. The lowest BCUT2D eigenvalue weighted by Gasteiger charge is -2.45. The van der Waals surface area contributed by atoms with Crippen molar-refractivity contribution < 1.29 is 14.3 Å². The second kappa shape index (κ2) is 9.31. The summed E-state index contributed by atoms with van der Waals surface area (Å²) in [7, 11) is 2.00. The number of carbonyl (C=O) groups excluding carboxylic acids is 2. The van der Waals surface area contributed by atoms with Gasteiger partial charge in [0.25, 0.3) is 0 Å². The SMILES string of the molecule is CCOC(=O)[C@H]1CN(C)[C@@]2(c3ccccc3-c3nc4ccccc4nc32)[C@]12C(=O)N(Cc1ccccc1)c1ccccc12. The van der Waals surface area contributed by atoms with Crippen molar-refractivity contribution in [1.29, 1.82) is 0 Å². The van der Waals surface area contributed by atoms with Gasteiger partial charge in [0.1, 0.15) is 11.0 Å². The first-order valence-corrected chi connectivity index (χ1v) is 14.7. The van der Waals surface area contributed by atoms with Crippen LogP contribution in [0.1, 0.15) is 29.3 Å². The molecule has 4 aromatic carbocycles.